The Bertz CT molecular complexity index is 2300. The number of hydrogen-bond donors (Lipinski definition) is 5. The van der Waals surface area contributed by atoms with Gasteiger partial charge in [-0.15, -0.1) is 0 Å². The molecule has 0 saturated carbocycles. The molecular formula is C46H62N4O11. The standard InChI is InChI=1S/C46H62N4O11/c1-22(2)21-50-18-16-46(17-19-50)48-34-31-32-39(54)28(8)42-33(31)43(56)45(10,61-42)59-20-15-30(58-11)25(5)41(60-29(9)51)27(7)38(53)26(6)37(52)23(3)13-12-14-24(4)44(57)47-36(40(32)55)35(34)49-46/h12-15,20,22-23,25-27,30,37-38,41,48,52-55H,16-19,21H2,1-11H3/b13-12?,20-15?,24-14-,47-36?/t23-,25+,26+,27+,30-,37-,38+,41+,45-/m0/s1. The monoisotopic (exact) mass is 846 g/mol. The lowest BCUT2D eigenvalue weighted by atomic mass is 9.78. The number of Topliss-reactive ketones (excluding diaryl/α,β-unsaturated/α-hetero) is 1. The summed E-state index contributed by atoms with van der Waals surface area (Å²) in [6.45, 7) is 19.6. The van der Waals surface area contributed by atoms with Gasteiger partial charge in [-0.2, -0.15) is 0 Å². The van der Waals surface area contributed by atoms with E-state index in [9.17, 15) is 34.8 Å². The maximum Gasteiger partial charge on any atom is 0.312 e. The van der Waals surface area contributed by atoms with Crippen LogP contribution in [0, 0.1) is 36.5 Å². The molecule has 6 rings (SSSR count). The number of aromatic hydroxyl groups is 2. The van der Waals surface area contributed by atoms with E-state index in [1.54, 1.807) is 65.8 Å². The van der Waals surface area contributed by atoms with Crippen LogP contribution in [0.2, 0.25) is 0 Å². The minimum atomic E-state index is -1.95. The molecule has 4 aliphatic rings. The second-order valence-corrected chi connectivity index (χ2v) is 18.0. The number of piperidine rings is 1. The highest BCUT2D eigenvalue weighted by Crippen LogP contribution is 2.51. The van der Waals surface area contributed by atoms with E-state index in [0.717, 1.165) is 19.6 Å². The van der Waals surface area contributed by atoms with Crippen LogP contribution in [0.15, 0.2) is 46.1 Å². The minimum Gasteiger partial charge on any atom is -0.507 e. The number of esters is 1. The highest BCUT2D eigenvalue weighted by atomic mass is 16.7. The van der Waals surface area contributed by atoms with Crippen LogP contribution in [0.1, 0.15) is 91.1 Å². The summed E-state index contributed by atoms with van der Waals surface area (Å²) < 4.78 is 24.0. The highest BCUT2D eigenvalue weighted by Gasteiger charge is 2.51. The number of amides is 1. The van der Waals surface area contributed by atoms with E-state index in [-0.39, 0.29) is 49.7 Å². The van der Waals surface area contributed by atoms with E-state index in [2.05, 4.69) is 29.1 Å². The number of fused-ring (bicyclic) bond motifs is 1. The number of likely N-dealkylation sites (tertiary alicyclic amines) is 1. The van der Waals surface area contributed by atoms with Crippen LogP contribution in [-0.2, 0) is 23.8 Å². The molecule has 1 amide bonds. The van der Waals surface area contributed by atoms with Crippen LogP contribution >= 0.6 is 0 Å². The van der Waals surface area contributed by atoms with Crippen molar-refractivity contribution in [2.45, 2.75) is 118 Å². The average Bonchev–Trinajstić information content (AvgIpc) is 3.71. The minimum absolute atomic E-state index is 0.0538. The molecule has 332 valence electrons. The molecule has 9 atom stereocenters. The third kappa shape index (κ3) is 8.54. The zero-order chi connectivity index (χ0) is 44.9. The van der Waals surface area contributed by atoms with Crippen molar-refractivity contribution < 1.29 is 53.8 Å². The molecule has 5 N–H and O–H groups in total. The summed E-state index contributed by atoms with van der Waals surface area (Å²) in [7, 11) is 1.47. The Kier molecular flexibility index (Phi) is 13.1. The number of carbonyl (C=O) groups is 3. The number of aliphatic hydroxyl groups is 2. The zero-order valence-corrected chi connectivity index (χ0v) is 37.1. The molecular weight excluding hydrogens is 785 g/mol. The summed E-state index contributed by atoms with van der Waals surface area (Å²) in [6, 6.07) is 0. The van der Waals surface area contributed by atoms with Gasteiger partial charge >= 0.3 is 11.8 Å². The number of ether oxygens (including phenoxy) is 4. The Morgan fingerprint density at radius 3 is 2.28 bits per heavy atom. The summed E-state index contributed by atoms with van der Waals surface area (Å²) in [5.41, 5.74) is -0.111. The second kappa shape index (κ2) is 17.5. The van der Waals surface area contributed by atoms with Gasteiger partial charge < -0.3 is 49.6 Å². The van der Waals surface area contributed by atoms with E-state index in [0.29, 0.717) is 24.4 Å². The van der Waals surface area contributed by atoms with Crippen molar-refractivity contribution in [3.63, 3.8) is 0 Å². The third-order valence-electron chi connectivity index (χ3n) is 12.9. The van der Waals surface area contributed by atoms with Crippen LogP contribution in [0.4, 0.5) is 5.69 Å². The topological polar surface area (TPSA) is 209 Å². The first kappa shape index (κ1) is 45.7. The van der Waals surface area contributed by atoms with Gasteiger partial charge in [-0.05, 0) is 25.8 Å². The quantitative estimate of drug-likeness (QED) is 0.208. The van der Waals surface area contributed by atoms with Crippen LogP contribution in [0.5, 0.6) is 17.2 Å². The fourth-order valence-corrected chi connectivity index (χ4v) is 9.24. The van der Waals surface area contributed by atoms with Crippen molar-refractivity contribution in [1.29, 1.82) is 0 Å². The van der Waals surface area contributed by atoms with Crippen LogP contribution in [-0.4, -0.2) is 106 Å². The Balaban J connectivity index is 1.55. The van der Waals surface area contributed by atoms with Gasteiger partial charge in [0.1, 0.15) is 34.0 Å². The van der Waals surface area contributed by atoms with Gasteiger partial charge in [-0.3, -0.25) is 19.4 Å². The molecule has 15 heteroatoms. The molecule has 15 nitrogen and oxygen atoms in total. The van der Waals surface area contributed by atoms with E-state index in [4.69, 9.17) is 23.9 Å². The molecule has 61 heavy (non-hydrogen) atoms. The van der Waals surface area contributed by atoms with E-state index in [1.165, 1.54) is 27.2 Å². The van der Waals surface area contributed by atoms with E-state index >= 15 is 0 Å². The van der Waals surface area contributed by atoms with Crippen molar-refractivity contribution in [1.82, 2.24) is 4.90 Å². The Labute approximate surface area is 356 Å². The predicted molar refractivity (Wildman–Crippen MR) is 228 cm³/mol. The maximum absolute atomic E-state index is 14.7. The molecule has 1 spiro atoms. The maximum atomic E-state index is 14.7. The number of aliphatic hydroxyl groups excluding tert-OH is 2. The summed E-state index contributed by atoms with van der Waals surface area (Å²) in [5.74, 6) is -6.57. The molecule has 1 fully saturated rings. The molecule has 0 unspecified atom stereocenters. The first-order chi connectivity index (χ1) is 28.6. The number of anilines is 1. The smallest absolute Gasteiger partial charge is 0.312 e. The Hall–Kier alpha value is -4.83. The van der Waals surface area contributed by atoms with Gasteiger partial charge in [-0.1, -0.05) is 59.8 Å². The first-order valence-electron chi connectivity index (χ1n) is 21.2. The van der Waals surface area contributed by atoms with Crippen molar-refractivity contribution in [2.24, 2.45) is 39.6 Å². The van der Waals surface area contributed by atoms with Crippen LogP contribution in [0.25, 0.3) is 10.8 Å². The number of nitrogens with one attached hydrogen (secondary N) is 1. The lowest BCUT2D eigenvalue weighted by Gasteiger charge is -2.38. The number of rotatable bonds is 4. The average molecular weight is 847 g/mol. The number of phenols is 2. The lowest BCUT2D eigenvalue weighted by molar-refractivity contribution is -0.160. The third-order valence-corrected chi connectivity index (χ3v) is 12.9. The second-order valence-electron chi connectivity index (χ2n) is 18.0. The largest absolute Gasteiger partial charge is 0.507 e. The van der Waals surface area contributed by atoms with Gasteiger partial charge in [0.25, 0.3) is 11.7 Å². The molecule has 2 aromatic carbocycles. The predicted octanol–water partition coefficient (Wildman–Crippen LogP) is 4.75. The van der Waals surface area contributed by atoms with Gasteiger partial charge in [0.05, 0.1) is 41.2 Å². The number of nitrogens with zero attached hydrogens (tertiary/aromatic N) is 3. The number of benzene rings is 2. The number of phenolic OH excluding ortho intramolecular Hbond substituents is 2. The fourth-order valence-electron chi connectivity index (χ4n) is 9.24. The van der Waals surface area contributed by atoms with Crippen molar-refractivity contribution in [3.05, 3.63) is 58.0 Å². The molecule has 0 aliphatic carbocycles. The molecule has 4 aliphatic heterocycles. The van der Waals surface area contributed by atoms with E-state index in [1.807, 2.05) is 0 Å². The number of hydrogen-bond acceptors (Lipinski definition) is 14. The molecule has 0 aromatic heterocycles. The highest BCUT2D eigenvalue weighted by molar-refractivity contribution is 6.21. The van der Waals surface area contributed by atoms with Gasteiger partial charge in [0, 0.05) is 93.6 Å². The Morgan fingerprint density at radius 2 is 1.66 bits per heavy atom. The summed E-state index contributed by atoms with van der Waals surface area (Å²) in [5, 5.41) is 50.5. The molecule has 2 aromatic rings. The van der Waals surface area contributed by atoms with Crippen LogP contribution in [0.3, 0.4) is 0 Å². The Morgan fingerprint density at radius 1 is 0.984 bits per heavy atom. The fraction of sp³-hybridized carbons (Fsp3) is 0.587. The van der Waals surface area contributed by atoms with E-state index < -0.39 is 82.9 Å². The number of carbonyl (C=O) groups excluding carboxylic acids is 3. The summed E-state index contributed by atoms with van der Waals surface area (Å²) in [6.07, 6.45) is 5.07. The summed E-state index contributed by atoms with van der Waals surface area (Å²) in [4.78, 5) is 52.9. The number of methoxy groups -OCH3 is 1. The number of allylic oxidation sites excluding steroid dienone is 2. The number of ketones is 1. The molecule has 0 radical (unpaired) electrons. The molecule has 4 heterocycles. The normalized spacial score (nSPS) is 31.6. The summed E-state index contributed by atoms with van der Waals surface area (Å²) >= 11 is 0. The van der Waals surface area contributed by atoms with Crippen molar-refractivity contribution in [2.75, 3.05) is 32.1 Å². The molecule has 1 saturated heterocycles. The van der Waals surface area contributed by atoms with Crippen molar-refractivity contribution in [3.8, 4) is 17.2 Å². The van der Waals surface area contributed by atoms with Gasteiger partial charge in [0.15, 0.2) is 5.75 Å². The zero-order valence-electron chi connectivity index (χ0n) is 37.1. The van der Waals surface area contributed by atoms with Crippen molar-refractivity contribution >= 4 is 34.1 Å². The van der Waals surface area contributed by atoms with Crippen LogP contribution < -0.4 is 20.8 Å². The lowest BCUT2D eigenvalue weighted by Crippen LogP contribution is -2.47. The molecule has 4 bridgehead atoms. The first-order valence-corrected chi connectivity index (χ1v) is 21.2. The van der Waals surface area contributed by atoms with Gasteiger partial charge in [-0.25, -0.2) is 4.99 Å². The SMILES string of the molecule is CO[C@H]1C=CO[C@@]2(C)Oc3c(C)c(O)c4c(O)c(c5c(c4c3C2=O)NC2(CCN(CC(C)C)CC2)N=5)=NC(=O)/C(C)=C\C=C[C@H](C)[C@H](O)[C@@H](C)[C@@H](O)[C@@H](C)[C@H](OC(C)=O)[C@@H]1C. The van der Waals surface area contributed by atoms with Gasteiger partial charge in [0.2, 0.25) is 0 Å².